The highest BCUT2D eigenvalue weighted by Crippen LogP contribution is 2.10. The highest BCUT2D eigenvalue weighted by atomic mass is 16.5. The minimum absolute atomic E-state index is 0.399. The maximum absolute atomic E-state index is 5.62. The van der Waals surface area contributed by atoms with Gasteiger partial charge in [-0.15, -0.1) is 0 Å². The van der Waals surface area contributed by atoms with E-state index in [0.717, 1.165) is 26.2 Å². The van der Waals surface area contributed by atoms with E-state index in [0.29, 0.717) is 12.1 Å². The zero-order chi connectivity index (χ0) is 11.8. The molecule has 0 amide bonds. The third kappa shape index (κ3) is 5.28. The van der Waals surface area contributed by atoms with Gasteiger partial charge in [0.25, 0.3) is 0 Å². The van der Waals surface area contributed by atoms with Crippen molar-refractivity contribution >= 4 is 0 Å². The summed E-state index contributed by atoms with van der Waals surface area (Å²) in [4.78, 5) is 2.53. The molecule has 1 rings (SSSR count). The summed E-state index contributed by atoms with van der Waals surface area (Å²) in [6, 6.07) is 0.577. The molecule has 1 aliphatic rings. The summed E-state index contributed by atoms with van der Waals surface area (Å²) in [6.07, 6.45) is 4.36. The van der Waals surface area contributed by atoms with Gasteiger partial charge < -0.3 is 10.1 Å². The van der Waals surface area contributed by atoms with Gasteiger partial charge in [-0.1, -0.05) is 19.8 Å². The van der Waals surface area contributed by atoms with Gasteiger partial charge in [-0.2, -0.15) is 0 Å². The first-order valence-electron chi connectivity index (χ1n) is 6.80. The van der Waals surface area contributed by atoms with Crippen LogP contribution in [0.15, 0.2) is 0 Å². The van der Waals surface area contributed by atoms with Gasteiger partial charge >= 0.3 is 0 Å². The zero-order valence-electron chi connectivity index (χ0n) is 11.2. The van der Waals surface area contributed by atoms with Crippen LogP contribution in [0.4, 0.5) is 0 Å². The van der Waals surface area contributed by atoms with Crippen molar-refractivity contribution in [3.63, 3.8) is 0 Å². The third-order valence-electron chi connectivity index (χ3n) is 3.27. The molecule has 0 aromatic carbocycles. The predicted molar refractivity (Wildman–Crippen MR) is 68.8 cm³/mol. The Kier molecular flexibility index (Phi) is 7.01. The van der Waals surface area contributed by atoms with Crippen molar-refractivity contribution in [2.75, 3.05) is 32.8 Å². The summed E-state index contributed by atoms with van der Waals surface area (Å²) in [5, 5.41) is 3.52. The Labute approximate surface area is 101 Å². The first-order chi connectivity index (χ1) is 7.74. The molecule has 3 nitrogen and oxygen atoms in total. The second kappa shape index (κ2) is 8.04. The number of hydrogen-bond donors (Lipinski definition) is 1. The molecule has 1 aliphatic heterocycles. The largest absolute Gasteiger partial charge is 0.376 e. The van der Waals surface area contributed by atoms with E-state index < -0.39 is 0 Å². The number of nitrogens with zero attached hydrogens (tertiary/aromatic N) is 1. The van der Waals surface area contributed by atoms with Gasteiger partial charge in [-0.05, 0) is 26.8 Å². The van der Waals surface area contributed by atoms with Crippen molar-refractivity contribution in [1.29, 1.82) is 0 Å². The standard InChI is InChI=1S/C13H28N2O/c1-4-5-6-7-14-8-9-15-10-13(3)16-11-12(15)2/h12-14H,4-11H2,1-3H3. The minimum Gasteiger partial charge on any atom is -0.376 e. The Morgan fingerprint density at radius 3 is 2.81 bits per heavy atom. The molecule has 96 valence electrons. The molecule has 0 aromatic rings. The Morgan fingerprint density at radius 1 is 1.25 bits per heavy atom. The molecule has 16 heavy (non-hydrogen) atoms. The zero-order valence-corrected chi connectivity index (χ0v) is 11.2. The first-order valence-corrected chi connectivity index (χ1v) is 6.80. The molecule has 1 N–H and O–H groups in total. The summed E-state index contributed by atoms with van der Waals surface area (Å²) in [6.45, 7) is 12.1. The van der Waals surface area contributed by atoms with E-state index in [4.69, 9.17) is 4.74 Å². The van der Waals surface area contributed by atoms with Crippen molar-refractivity contribution in [2.24, 2.45) is 0 Å². The van der Waals surface area contributed by atoms with Crippen LogP contribution in [0.5, 0.6) is 0 Å². The molecular formula is C13H28N2O. The fraction of sp³-hybridized carbons (Fsp3) is 1.00. The monoisotopic (exact) mass is 228 g/mol. The van der Waals surface area contributed by atoms with Crippen molar-refractivity contribution in [2.45, 2.75) is 52.2 Å². The van der Waals surface area contributed by atoms with E-state index >= 15 is 0 Å². The van der Waals surface area contributed by atoms with E-state index in [1.54, 1.807) is 0 Å². The lowest BCUT2D eigenvalue weighted by Gasteiger charge is -2.36. The van der Waals surface area contributed by atoms with Crippen LogP contribution < -0.4 is 5.32 Å². The lowest BCUT2D eigenvalue weighted by Crippen LogP contribution is -2.49. The number of morpholine rings is 1. The average Bonchev–Trinajstić information content (AvgIpc) is 2.28. The minimum atomic E-state index is 0.399. The van der Waals surface area contributed by atoms with Gasteiger partial charge in [0, 0.05) is 25.7 Å². The quantitative estimate of drug-likeness (QED) is 0.673. The number of nitrogens with one attached hydrogen (secondary N) is 1. The maximum Gasteiger partial charge on any atom is 0.0674 e. The lowest BCUT2D eigenvalue weighted by atomic mass is 10.2. The van der Waals surface area contributed by atoms with E-state index in [2.05, 4.69) is 31.0 Å². The molecule has 1 fully saturated rings. The molecule has 0 saturated carbocycles. The van der Waals surface area contributed by atoms with Crippen LogP contribution in [-0.2, 0) is 4.74 Å². The molecule has 2 atom stereocenters. The molecule has 3 heteroatoms. The Morgan fingerprint density at radius 2 is 2.06 bits per heavy atom. The predicted octanol–water partition coefficient (Wildman–Crippen LogP) is 1.88. The van der Waals surface area contributed by atoms with Gasteiger partial charge in [0.2, 0.25) is 0 Å². The second-order valence-electron chi connectivity index (χ2n) is 4.95. The van der Waals surface area contributed by atoms with Gasteiger partial charge in [0.15, 0.2) is 0 Å². The summed E-state index contributed by atoms with van der Waals surface area (Å²) in [5.74, 6) is 0. The molecule has 0 aromatic heterocycles. The molecule has 0 aliphatic carbocycles. The fourth-order valence-corrected chi connectivity index (χ4v) is 2.13. The second-order valence-corrected chi connectivity index (χ2v) is 4.95. The maximum atomic E-state index is 5.62. The molecule has 2 unspecified atom stereocenters. The van der Waals surface area contributed by atoms with Crippen LogP contribution in [0, 0.1) is 0 Å². The van der Waals surface area contributed by atoms with Crippen LogP contribution in [-0.4, -0.2) is 49.8 Å². The van der Waals surface area contributed by atoms with E-state index in [-0.39, 0.29) is 0 Å². The van der Waals surface area contributed by atoms with Gasteiger partial charge in [-0.3, -0.25) is 4.90 Å². The normalized spacial score (nSPS) is 27.2. The summed E-state index contributed by atoms with van der Waals surface area (Å²) in [5.41, 5.74) is 0. The highest BCUT2D eigenvalue weighted by Gasteiger charge is 2.22. The van der Waals surface area contributed by atoms with Gasteiger partial charge in [0.05, 0.1) is 12.7 Å². The molecule has 1 heterocycles. The van der Waals surface area contributed by atoms with Crippen LogP contribution in [0.3, 0.4) is 0 Å². The summed E-state index contributed by atoms with van der Waals surface area (Å²) >= 11 is 0. The van der Waals surface area contributed by atoms with Crippen LogP contribution in [0.1, 0.15) is 40.0 Å². The summed E-state index contributed by atoms with van der Waals surface area (Å²) < 4.78 is 5.62. The molecule has 1 saturated heterocycles. The van der Waals surface area contributed by atoms with E-state index in [1.807, 2.05) is 0 Å². The van der Waals surface area contributed by atoms with Gasteiger partial charge in [0.1, 0.15) is 0 Å². The topological polar surface area (TPSA) is 24.5 Å². The molecular weight excluding hydrogens is 200 g/mol. The molecule has 0 bridgehead atoms. The number of ether oxygens (including phenoxy) is 1. The number of unbranched alkanes of at least 4 members (excludes halogenated alkanes) is 2. The Hall–Kier alpha value is -0.120. The van der Waals surface area contributed by atoms with Crippen molar-refractivity contribution in [3.05, 3.63) is 0 Å². The average molecular weight is 228 g/mol. The lowest BCUT2D eigenvalue weighted by molar-refractivity contribution is -0.0486. The first kappa shape index (κ1) is 13.9. The third-order valence-corrected chi connectivity index (χ3v) is 3.27. The SMILES string of the molecule is CCCCCNCCN1CC(C)OCC1C. The van der Waals surface area contributed by atoms with Crippen molar-refractivity contribution in [1.82, 2.24) is 10.2 Å². The van der Waals surface area contributed by atoms with Crippen molar-refractivity contribution in [3.8, 4) is 0 Å². The van der Waals surface area contributed by atoms with Crippen LogP contribution in [0.25, 0.3) is 0 Å². The van der Waals surface area contributed by atoms with Crippen LogP contribution in [0.2, 0.25) is 0 Å². The number of hydrogen-bond acceptors (Lipinski definition) is 3. The van der Waals surface area contributed by atoms with E-state index in [9.17, 15) is 0 Å². The number of rotatable bonds is 7. The fourth-order valence-electron chi connectivity index (χ4n) is 2.13. The Balaban J connectivity index is 2.02. The van der Waals surface area contributed by atoms with Crippen molar-refractivity contribution < 1.29 is 4.74 Å². The molecule has 0 spiro atoms. The van der Waals surface area contributed by atoms with Gasteiger partial charge in [-0.25, -0.2) is 0 Å². The highest BCUT2D eigenvalue weighted by molar-refractivity contribution is 4.75. The smallest absolute Gasteiger partial charge is 0.0674 e. The van der Waals surface area contributed by atoms with Crippen LogP contribution >= 0.6 is 0 Å². The molecule has 0 radical (unpaired) electrons. The Bertz CT molecular complexity index is 175. The van der Waals surface area contributed by atoms with E-state index in [1.165, 1.54) is 25.8 Å². The summed E-state index contributed by atoms with van der Waals surface area (Å²) in [7, 11) is 0.